The maximum Gasteiger partial charge on any atom is 0.326 e. The zero-order valence-corrected chi connectivity index (χ0v) is 16.2. The van der Waals surface area contributed by atoms with Crippen LogP contribution < -0.4 is 33.2 Å². The lowest BCUT2D eigenvalue weighted by Gasteiger charge is -2.21. The number of carbonyl (C=O) groups is 5. The number of carboxylic acids is 1. The van der Waals surface area contributed by atoms with E-state index in [1.807, 2.05) is 0 Å². The Morgan fingerprint density at radius 1 is 1.00 bits per heavy atom. The van der Waals surface area contributed by atoms with Gasteiger partial charge in [-0.25, -0.2) is 4.79 Å². The van der Waals surface area contributed by atoms with Crippen molar-refractivity contribution >= 4 is 29.6 Å². The largest absolute Gasteiger partial charge is 0.480 e. The molecule has 4 atom stereocenters. The van der Waals surface area contributed by atoms with Gasteiger partial charge in [0, 0.05) is 0 Å². The van der Waals surface area contributed by atoms with Crippen LogP contribution in [0.3, 0.4) is 0 Å². The van der Waals surface area contributed by atoms with Gasteiger partial charge in [0.1, 0.15) is 18.1 Å². The monoisotopic (exact) mass is 418 g/mol. The summed E-state index contributed by atoms with van der Waals surface area (Å²) in [7, 11) is 0. The number of carbonyl (C=O) groups excluding carboxylic acids is 4. The predicted molar refractivity (Wildman–Crippen MR) is 101 cm³/mol. The summed E-state index contributed by atoms with van der Waals surface area (Å²) in [6, 6.07) is -3.92. The molecule has 29 heavy (non-hydrogen) atoms. The van der Waals surface area contributed by atoms with Gasteiger partial charge in [0.2, 0.25) is 23.6 Å². The number of primary amides is 1. The van der Waals surface area contributed by atoms with Gasteiger partial charge < -0.3 is 43.4 Å². The third-order valence-electron chi connectivity index (χ3n) is 3.86. The van der Waals surface area contributed by atoms with E-state index in [4.69, 9.17) is 17.2 Å². The molecule has 0 bridgehead atoms. The van der Waals surface area contributed by atoms with Gasteiger partial charge in [-0.15, -0.1) is 0 Å². The smallest absolute Gasteiger partial charge is 0.326 e. The number of amides is 4. The van der Waals surface area contributed by atoms with E-state index in [1.165, 1.54) is 6.92 Å². The third kappa shape index (κ3) is 11.0. The molecule has 0 aromatic rings. The topological polar surface area (TPSA) is 240 Å². The van der Waals surface area contributed by atoms with E-state index in [9.17, 15) is 34.2 Å². The van der Waals surface area contributed by atoms with Crippen molar-refractivity contribution in [3.8, 4) is 0 Å². The van der Waals surface area contributed by atoms with E-state index >= 15 is 0 Å². The highest BCUT2D eigenvalue weighted by Crippen LogP contribution is 2.02. The molecule has 0 aliphatic heterocycles. The molecule has 13 nitrogen and oxygen atoms in total. The first-order chi connectivity index (χ1) is 13.5. The molecule has 0 rings (SSSR count). The van der Waals surface area contributed by atoms with E-state index in [1.54, 1.807) is 0 Å². The Balaban J connectivity index is 4.90. The van der Waals surface area contributed by atoms with E-state index in [2.05, 4.69) is 16.0 Å². The molecule has 0 saturated carbocycles. The average molecular weight is 418 g/mol. The van der Waals surface area contributed by atoms with Crippen molar-refractivity contribution in [1.82, 2.24) is 16.0 Å². The minimum atomic E-state index is -1.43. The number of aliphatic hydroxyl groups excluding tert-OH is 1. The quantitative estimate of drug-likeness (QED) is 0.128. The van der Waals surface area contributed by atoms with Gasteiger partial charge in [0.25, 0.3) is 0 Å². The van der Waals surface area contributed by atoms with Crippen LogP contribution in [0.4, 0.5) is 0 Å². The predicted octanol–water partition coefficient (Wildman–Crippen LogP) is -4.13. The molecular weight excluding hydrogens is 388 g/mol. The number of carboxylic acid groups (broad SMARTS) is 1. The van der Waals surface area contributed by atoms with Crippen molar-refractivity contribution in [2.24, 2.45) is 17.2 Å². The number of nitrogens with two attached hydrogens (primary N) is 3. The highest BCUT2D eigenvalue weighted by Gasteiger charge is 2.28. The molecule has 0 saturated heterocycles. The summed E-state index contributed by atoms with van der Waals surface area (Å²) in [5.74, 6) is -4.73. The Hall–Kier alpha value is -2.77. The fraction of sp³-hybridized carbons (Fsp3) is 0.688. The normalized spacial score (nSPS) is 14.8. The van der Waals surface area contributed by atoms with Gasteiger partial charge in [0.05, 0.1) is 19.1 Å². The van der Waals surface area contributed by atoms with Crippen LogP contribution in [0.5, 0.6) is 0 Å². The summed E-state index contributed by atoms with van der Waals surface area (Å²) >= 11 is 0. The lowest BCUT2D eigenvalue weighted by atomic mass is 10.1. The molecule has 0 radical (unpaired) electrons. The van der Waals surface area contributed by atoms with Crippen molar-refractivity contribution in [1.29, 1.82) is 0 Å². The number of aliphatic hydroxyl groups is 1. The van der Waals surface area contributed by atoms with E-state index in [0.717, 1.165) is 0 Å². The van der Waals surface area contributed by atoms with E-state index in [-0.39, 0.29) is 6.42 Å². The second-order valence-electron chi connectivity index (χ2n) is 6.46. The Labute approximate surface area is 167 Å². The molecule has 166 valence electrons. The molecule has 11 N–H and O–H groups in total. The van der Waals surface area contributed by atoms with Gasteiger partial charge in [0.15, 0.2) is 0 Å². The molecule has 0 aliphatic rings. The number of hydrogen-bond donors (Lipinski definition) is 8. The van der Waals surface area contributed by atoms with Crippen molar-refractivity contribution < 1.29 is 34.2 Å². The average Bonchev–Trinajstić information content (AvgIpc) is 2.63. The molecule has 0 heterocycles. The van der Waals surface area contributed by atoms with Gasteiger partial charge in [-0.1, -0.05) is 0 Å². The lowest BCUT2D eigenvalue weighted by molar-refractivity contribution is -0.142. The summed E-state index contributed by atoms with van der Waals surface area (Å²) in [5, 5.41) is 25.0. The van der Waals surface area contributed by atoms with Gasteiger partial charge >= 0.3 is 5.97 Å². The Kier molecular flexibility index (Phi) is 12.1. The van der Waals surface area contributed by atoms with Crippen molar-refractivity contribution in [3.05, 3.63) is 0 Å². The highest BCUT2D eigenvalue weighted by molar-refractivity contribution is 5.94. The van der Waals surface area contributed by atoms with Crippen molar-refractivity contribution in [2.45, 2.75) is 56.8 Å². The van der Waals surface area contributed by atoms with Crippen LogP contribution in [0, 0.1) is 0 Å². The fourth-order valence-corrected chi connectivity index (χ4v) is 2.18. The van der Waals surface area contributed by atoms with Crippen LogP contribution in [0.2, 0.25) is 0 Å². The summed E-state index contributed by atoms with van der Waals surface area (Å²) in [4.78, 5) is 58.4. The summed E-state index contributed by atoms with van der Waals surface area (Å²) in [6.07, 6.45) is -0.582. The van der Waals surface area contributed by atoms with Crippen LogP contribution in [0.15, 0.2) is 0 Å². The fourth-order valence-electron chi connectivity index (χ4n) is 2.18. The van der Waals surface area contributed by atoms with Crippen LogP contribution in [0.1, 0.15) is 32.6 Å². The first kappa shape index (κ1) is 26.2. The zero-order chi connectivity index (χ0) is 22.6. The second kappa shape index (κ2) is 13.4. The van der Waals surface area contributed by atoms with Gasteiger partial charge in [-0.3, -0.25) is 19.2 Å². The van der Waals surface area contributed by atoms with Crippen LogP contribution in [-0.2, 0) is 24.0 Å². The van der Waals surface area contributed by atoms with Gasteiger partial charge in [-0.05, 0) is 32.7 Å². The van der Waals surface area contributed by atoms with Gasteiger partial charge in [-0.2, -0.15) is 0 Å². The first-order valence-electron chi connectivity index (χ1n) is 9.01. The number of rotatable bonds is 14. The molecule has 0 aromatic heterocycles. The zero-order valence-electron chi connectivity index (χ0n) is 16.2. The molecule has 13 heteroatoms. The number of aliphatic carboxylic acids is 1. The standard InChI is InChI=1S/C16H30N6O7/c1-8(23)13(19)15(27)20-7-12(25)21-10(6-11(18)24)14(26)22-9(16(28)29)4-2-3-5-17/h8-10,13,23H,2-7,17,19H2,1H3,(H2,18,24)(H,20,27)(H,21,25)(H,22,26)(H,28,29). The summed E-state index contributed by atoms with van der Waals surface area (Å²) in [6.45, 7) is 1.08. The molecule has 4 unspecified atom stereocenters. The minimum Gasteiger partial charge on any atom is -0.480 e. The SMILES string of the molecule is CC(O)C(N)C(=O)NCC(=O)NC(CC(N)=O)C(=O)NC(CCCCN)C(=O)O. The minimum absolute atomic E-state index is 0.114. The van der Waals surface area contributed by atoms with Crippen molar-refractivity contribution in [3.63, 3.8) is 0 Å². The van der Waals surface area contributed by atoms with Crippen molar-refractivity contribution in [2.75, 3.05) is 13.1 Å². The van der Waals surface area contributed by atoms with E-state index in [0.29, 0.717) is 19.4 Å². The Morgan fingerprint density at radius 3 is 2.10 bits per heavy atom. The summed E-state index contributed by atoms with van der Waals surface area (Å²) < 4.78 is 0. The Morgan fingerprint density at radius 2 is 1.62 bits per heavy atom. The molecule has 0 fully saturated rings. The maximum absolute atomic E-state index is 12.3. The van der Waals surface area contributed by atoms with Crippen LogP contribution in [0.25, 0.3) is 0 Å². The molecule has 0 aliphatic carbocycles. The van der Waals surface area contributed by atoms with Crippen LogP contribution >= 0.6 is 0 Å². The van der Waals surface area contributed by atoms with Crippen LogP contribution in [-0.4, -0.2) is 77.1 Å². The maximum atomic E-state index is 12.3. The summed E-state index contributed by atoms with van der Waals surface area (Å²) in [5.41, 5.74) is 15.8. The Bertz CT molecular complexity index is 598. The molecule has 4 amide bonds. The van der Waals surface area contributed by atoms with E-state index < -0.39 is 66.8 Å². The number of hydrogen-bond acceptors (Lipinski definition) is 8. The second-order valence-corrected chi connectivity index (χ2v) is 6.46. The first-order valence-corrected chi connectivity index (χ1v) is 9.01. The molecule has 0 spiro atoms. The lowest BCUT2D eigenvalue weighted by Crippen LogP contribution is -2.55. The highest BCUT2D eigenvalue weighted by atomic mass is 16.4. The number of unbranched alkanes of at least 4 members (excludes halogenated alkanes) is 1. The number of nitrogens with one attached hydrogen (secondary N) is 3. The third-order valence-corrected chi connectivity index (χ3v) is 3.86. The molecule has 0 aromatic carbocycles. The molecular formula is C16H30N6O7.